The number of halogens is 4. The molecule has 5 N–H and O–H groups in total. The average molecular weight is 698 g/mol. The van der Waals surface area contributed by atoms with Gasteiger partial charge in [0.2, 0.25) is 5.91 Å². The summed E-state index contributed by atoms with van der Waals surface area (Å²) in [6.45, 7) is 1.34. The van der Waals surface area contributed by atoms with Crippen LogP contribution in [-0.4, -0.2) is 64.7 Å². The number of ether oxygens (including phenoxy) is 3. The van der Waals surface area contributed by atoms with Gasteiger partial charge in [0.15, 0.2) is 11.5 Å². The summed E-state index contributed by atoms with van der Waals surface area (Å²) in [5.41, 5.74) is 3.83. The first-order valence-corrected chi connectivity index (χ1v) is 16.2. The van der Waals surface area contributed by atoms with Crippen LogP contribution in [-0.2, 0) is 19.3 Å². The van der Waals surface area contributed by atoms with Crippen LogP contribution in [0.1, 0.15) is 54.2 Å². The Bertz CT molecular complexity index is 1750. The van der Waals surface area contributed by atoms with Crippen molar-refractivity contribution >= 4 is 19.6 Å². The number of nitrogens with two attached hydrogens (primary N) is 1. The molecule has 0 unspecified atom stereocenters. The molecule has 2 aliphatic rings. The van der Waals surface area contributed by atoms with Crippen molar-refractivity contribution in [2.24, 2.45) is 5.73 Å². The Hall–Kier alpha value is -4.24. The molecule has 0 saturated heterocycles. The number of hydrogen-bond acceptors (Lipinski definition) is 8. The number of rotatable bonds is 13. The summed E-state index contributed by atoms with van der Waals surface area (Å²) in [5.74, 6) is -4.35. The van der Waals surface area contributed by atoms with Gasteiger partial charge in [-0.3, -0.25) is 14.1 Å². The van der Waals surface area contributed by atoms with Gasteiger partial charge in [0.1, 0.15) is 47.9 Å². The van der Waals surface area contributed by atoms with E-state index in [4.69, 9.17) is 29.7 Å². The number of phosphoric ester groups is 1. The molecule has 2 amide bonds. The number of hydrogen-bond donors (Lipinski definition) is 4. The molecule has 12 nitrogen and oxygen atoms in total. The molecule has 3 atom stereocenters. The second-order valence-electron chi connectivity index (χ2n) is 11.8. The van der Waals surface area contributed by atoms with Crippen molar-refractivity contribution in [3.05, 3.63) is 71.2 Å². The molecule has 3 aromatic rings. The zero-order valence-electron chi connectivity index (χ0n) is 25.6. The zero-order valence-corrected chi connectivity index (χ0v) is 26.5. The van der Waals surface area contributed by atoms with Crippen LogP contribution < -0.4 is 25.3 Å². The number of aromatic nitrogens is 1. The molecule has 5 rings (SSSR count). The van der Waals surface area contributed by atoms with Gasteiger partial charge in [0.05, 0.1) is 11.8 Å². The number of primary amides is 1. The van der Waals surface area contributed by atoms with Crippen LogP contribution in [0.3, 0.4) is 0 Å². The normalized spacial score (nSPS) is 18.8. The summed E-state index contributed by atoms with van der Waals surface area (Å²) < 4.78 is 90.2. The van der Waals surface area contributed by atoms with E-state index in [0.29, 0.717) is 0 Å². The second-order valence-corrected chi connectivity index (χ2v) is 13.0. The average Bonchev–Trinajstić information content (AvgIpc) is 3.75. The minimum Gasteiger partial charge on any atom is -0.489 e. The predicted molar refractivity (Wildman–Crippen MR) is 161 cm³/mol. The van der Waals surface area contributed by atoms with Crippen LogP contribution in [0.2, 0.25) is 0 Å². The van der Waals surface area contributed by atoms with E-state index in [1.54, 1.807) is 0 Å². The number of nitrogens with one attached hydrogen (secondary N) is 1. The van der Waals surface area contributed by atoms with Gasteiger partial charge >= 0.3 is 14.0 Å². The minimum atomic E-state index is -4.92. The van der Waals surface area contributed by atoms with Gasteiger partial charge in [0.25, 0.3) is 5.91 Å². The van der Waals surface area contributed by atoms with Crippen LogP contribution in [0, 0.1) is 5.82 Å². The molecule has 0 bridgehead atoms. The van der Waals surface area contributed by atoms with E-state index in [1.165, 1.54) is 44.2 Å². The van der Waals surface area contributed by atoms with E-state index < -0.39 is 61.3 Å². The van der Waals surface area contributed by atoms with Crippen molar-refractivity contribution in [3.8, 4) is 28.5 Å². The van der Waals surface area contributed by atoms with Gasteiger partial charge in [-0.25, -0.2) is 13.9 Å². The lowest BCUT2D eigenvalue weighted by molar-refractivity contribution is -0.149. The van der Waals surface area contributed by atoms with Gasteiger partial charge in [-0.2, -0.15) is 13.2 Å². The third-order valence-electron chi connectivity index (χ3n) is 7.79. The number of pyridine rings is 1. The molecule has 2 heterocycles. The third-order valence-corrected chi connectivity index (χ3v) is 8.42. The van der Waals surface area contributed by atoms with Gasteiger partial charge in [-0.1, -0.05) is 0 Å². The number of fused-ring (bicyclic) bond motifs is 1. The van der Waals surface area contributed by atoms with Crippen molar-refractivity contribution in [1.82, 2.24) is 10.3 Å². The molecule has 0 radical (unpaired) electrons. The zero-order chi connectivity index (χ0) is 35.0. The number of amides is 2. The molecule has 17 heteroatoms. The molecular formula is C31H32F4N3O9P. The lowest BCUT2D eigenvalue weighted by Crippen LogP contribution is -2.40. The lowest BCUT2D eigenvalue weighted by atomic mass is 9.82. The standard InChI is InChI=1S/C31H32F4N3O9P/c1-16(47-48(41,42)43)14-44-24-10-5-18(11-25(24)46-20-8-9-20)28(39)37-13-22(31(33,34)35)23-12-21-27(45-15-30(21,2)29(36)40)26(38-23)17-3-6-19(32)7-4-17/h3-7,10-12,16,20,22H,8-9,13-15H2,1-2H3,(H2,36,40)(H,37,39)(H2,41,42,43)/t16-,22-,30+/m1/s1. The number of alkyl halides is 3. The van der Waals surface area contributed by atoms with Crippen LogP contribution in [0.4, 0.5) is 17.6 Å². The Balaban J connectivity index is 1.41. The van der Waals surface area contributed by atoms with E-state index in [-0.39, 0.29) is 59.0 Å². The third kappa shape index (κ3) is 8.06. The van der Waals surface area contributed by atoms with E-state index in [1.807, 2.05) is 0 Å². The van der Waals surface area contributed by atoms with E-state index in [0.717, 1.165) is 31.0 Å². The maximum Gasteiger partial charge on any atom is 0.469 e. The van der Waals surface area contributed by atoms with Crippen molar-refractivity contribution < 1.29 is 60.2 Å². The predicted octanol–water partition coefficient (Wildman–Crippen LogP) is 4.52. The number of carbonyl (C=O) groups is 2. The smallest absolute Gasteiger partial charge is 0.469 e. The summed E-state index contributed by atoms with van der Waals surface area (Å²) in [7, 11) is -4.76. The van der Waals surface area contributed by atoms with Gasteiger partial charge in [-0.05, 0) is 75.2 Å². The summed E-state index contributed by atoms with van der Waals surface area (Å²) in [6, 6.07) is 9.86. The SMILES string of the molecule is C[C@H](COc1ccc(C(=O)NC[C@H](c2cc3c(c(-c4ccc(F)cc4)n2)OC[C@]3(C)C(N)=O)C(F)(F)F)cc1OC1CC1)OP(=O)(O)O. The quantitative estimate of drug-likeness (QED) is 0.147. The summed E-state index contributed by atoms with van der Waals surface area (Å²) >= 11 is 0. The molecule has 0 spiro atoms. The first kappa shape index (κ1) is 35.1. The summed E-state index contributed by atoms with van der Waals surface area (Å²) in [4.78, 5) is 47.8. The fourth-order valence-corrected chi connectivity index (χ4v) is 5.50. The second kappa shape index (κ2) is 13.3. The number of carbonyl (C=O) groups excluding carboxylic acids is 2. The highest BCUT2D eigenvalue weighted by Gasteiger charge is 2.47. The van der Waals surface area contributed by atoms with Gasteiger partial charge < -0.3 is 35.0 Å². The summed E-state index contributed by atoms with van der Waals surface area (Å²) in [6.07, 6.45) is -4.63. The highest BCUT2D eigenvalue weighted by atomic mass is 31.2. The van der Waals surface area contributed by atoms with Gasteiger partial charge in [-0.15, -0.1) is 0 Å². The minimum absolute atomic E-state index is 0.0461. The van der Waals surface area contributed by atoms with Crippen LogP contribution in [0.5, 0.6) is 17.2 Å². The summed E-state index contributed by atoms with van der Waals surface area (Å²) in [5, 5.41) is 2.30. The first-order valence-electron chi connectivity index (χ1n) is 14.7. The van der Waals surface area contributed by atoms with Crippen molar-refractivity contribution in [2.45, 2.75) is 56.4 Å². The fourth-order valence-electron chi connectivity index (χ4n) is 4.97. The van der Waals surface area contributed by atoms with E-state index in [2.05, 4.69) is 14.8 Å². The number of benzene rings is 2. The highest BCUT2D eigenvalue weighted by molar-refractivity contribution is 7.46. The molecule has 1 aliphatic carbocycles. The van der Waals surface area contributed by atoms with Crippen molar-refractivity contribution in [1.29, 1.82) is 0 Å². The monoisotopic (exact) mass is 697 g/mol. The fraction of sp³-hybridized carbons (Fsp3) is 0.387. The first-order chi connectivity index (χ1) is 22.4. The van der Waals surface area contributed by atoms with Crippen molar-refractivity contribution in [3.63, 3.8) is 0 Å². The maximum absolute atomic E-state index is 14.6. The Morgan fingerprint density at radius 3 is 2.44 bits per heavy atom. The molecule has 1 saturated carbocycles. The Morgan fingerprint density at radius 1 is 1.15 bits per heavy atom. The largest absolute Gasteiger partial charge is 0.489 e. The molecule has 1 fully saturated rings. The molecule has 48 heavy (non-hydrogen) atoms. The Labute approximate surface area is 271 Å². The van der Waals surface area contributed by atoms with Crippen LogP contribution >= 0.6 is 7.82 Å². The van der Waals surface area contributed by atoms with Gasteiger partial charge in [0, 0.05) is 23.2 Å². The van der Waals surface area contributed by atoms with E-state index in [9.17, 15) is 31.7 Å². The lowest BCUT2D eigenvalue weighted by Gasteiger charge is -2.24. The molecule has 1 aliphatic heterocycles. The number of nitrogens with zero attached hydrogens (tertiary/aromatic N) is 1. The molecule has 2 aromatic carbocycles. The van der Waals surface area contributed by atoms with Crippen molar-refractivity contribution in [2.75, 3.05) is 19.8 Å². The number of phosphoric acid groups is 1. The van der Waals surface area contributed by atoms with Crippen LogP contribution in [0.25, 0.3) is 11.3 Å². The molecule has 1 aromatic heterocycles. The highest BCUT2D eigenvalue weighted by Crippen LogP contribution is 2.47. The molecular weight excluding hydrogens is 665 g/mol. The maximum atomic E-state index is 14.6. The van der Waals surface area contributed by atoms with Crippen LogP contribution in [0.15, 0.2) is 48.5 Å². The Morgan fingerprint density at radius 2 is 1.83 bits per heavy atom. The topological polar surface area (TPSA) is 180 Å². The molecule has 258 valence electrons. The van der Waals surface area contributed by atoms with E-state index >= 15 is 0 Å². The Kier molecular flexibility index (Phi) is 9.75.